The summed E-state index contributed by atoms with van der Waals surface area (Å²) in [6, 6.07) is 0. The number of aromatic nitrogens is 2. The highest BCUT2D eigenvalue weighted by molar-refractivity contribution is 6.31. The van der Waals surface area contributed by atoms with Gasteiger partial charge in [0.1, 0.15) is 6.54 Å². The van der Waals surface area contributed by atoms with E-state index < -0.39 is 0 Å². The summed E-state index contributed by atoms with van der Waals surface area (Å²) in [5.74, 6) is -0.239. The molecule has 1 fully saturated rings. The van der Waals surface area contributed by atoms with Gasteiger partial charge in [0.15, 0.2) is 0 Å². The van der Waals surface area contributed by atoms with Crippen LogP contribution in [-0.4, -0.2) is 46.3 Å². The van der Waals surface area contributed by atoms with Gasteiger partial charge in [-0.05, 0) is 33.6 Å². The minimum Gasteiger partial charge on any atom is -0.466 e. The van der Waals surface area contributed by atoms with Crippen LogP contribution in [0.15, 0.2) is 0 Å². The number of carbonyl (C=O) groups is 2. The van der Waals surface area contributed by atoms with Crippen molar-refractivity contribution >= 4 is 23.5 Å². The van der Waals surface area contributed by atoms with E-state index >= 15 is 0 Å². The lowest BCUT2D eigenvalue weighted by Crippen LogP contribution is -2.42. The summed E-state index contributed by atoms with van der Waals surface area (Å²) in [6.07, 6.45) is 1.31. The second-order valence-corrected chi connectivity index (χ2v) is 5.93. The van der Waals surface area contributed by atoms with Crippen LogP contribution in [0.1, 0.15) is 31.2 Å². The van der Waals surface area contributed by atoms with Gasteiger partial charge in [-0.2, -0.15) is 5.10 Å². The summed E-state index contributed by atoms with van der Waals surface area (Å²) in [7, 11) is 0. The van der Waals surface area contributed by atoms with Crippen molar-refractivity contribution in [2.45, 2.75) is 40.2 Å². The van der Waals surface area contributed by atoms with Crippen molar-refractivity contribution in [3.63, 3.8) is 0 Å². The minimum absolute atomic E-state index is 0.00424. The van der Waals surface area contributed by atoms with E-state index in [0.29, 0.717) is 37.6 Å². The molecule has 0 bridgehead atoms. The molecule has 0 saturated carbocycles. The zero-order valence-electron chi connectivity index (χ0n) is 13.3. The number of hydrogen-bond acceptors (Lipinski definition) is 4. The van der Waals surface area contributed by atoms with Crippen molar-refractivity contribution < 1.29 is 14.3 Å². The monoisotopic (exact) mass is 327 g/mol. The van der Waals surface area contributed by atoms with Crippen LogP contribution in [0.25, 0.3) is 0 Å². The van der Waals surface area contributed by atoms with Crippen LogP contribution < -0.4 is 0 Å². The summed E-state index contributed by atoms with van der Waals surface area (Å²) >= 11 is 6.09. The Bertz CT molecular complexity index is 563. The van der Waals surface area contributed by atoms with Crippen LogP contribution in [-0.2, 0) is 20.9 Å². The van der Waals surface area contributed by atoms with E-state index in [0.717, 1.165) is 11.4 Å². The standard InChI is InChI=1S/C15H22ClN3O3/c1-4-22-15(21)12-5-7-18(8-6-12)13(20)9-19-11(3)14(16)10(2)17-19/h12H,4-9H2,1-3H3. The lowest BCUT2D eigenvalue weighted by molar-refractivity contribution is -0.151. The van der Waals surface area contributed by atoms with Crippen LogP contribution in [0.5, 0.6) is 0 Å². The molecule has 1 saturated heterocycles. The largest absolute Gasteiger partial charge is 0.466 e. The molecule has 0 unspecified atom stereocenters. The maximum absolute atomic E-state index is 12.3. The lowest BCUT2D eigenvalue weighted by Gasteiger charge is -2.31. The molecular formula is C15H22ClN3O3. The fourth-order valence-electron chi connectivity index (χ4n) is 2.68. The highest BCUT2D eigenvalue weighted by Crippen LogP contribution is 2.21. The first-order valence-corrected chi connectivity index (χ1v) is 7.95. The SMILES string of the molecule is CCOC(=O)C1CCN(C(=O)Cn2nc(C)c(Cl)c2C)CC1. The van der Waals surface area contributed by atoms with E-state index in [1.54, 1.807) is 16.5 Å². The number of halogens is 1. The average molecular weight is 328 g/mol. The fourth-order valence-corrected chi connectivity index (χ4v) is 2.82. The molecule has 1 amide bonds. The molecule has 1 aliphatic heterocycles. The highest BCUT2D eigenvalue weighted by atomic mass is 35.5. The van der Waals surface area contributed by atoms with E-state index in [-0.39, 0.29) is 24.3 Å². The Kier molecular flexibility index (Phi) is 5.45. The lowest BCUT2D eigenvalue weighted by atomic mass is 9.97. The summed E-state index contributed by atoms with van der Waals surface area (Å²) in [5, 5.41) is 4.88. The number of ether oxygens (including phenoxy) is 1. The first-order chi connectivity index (χ1) is 10.4. The van der Waals surface area contributed by atoms with Gasteiger partial charge < -0.3 is 9.64 Å². The molecule has 7 heteroatoms. The summed E-state index contributed by atoms with van der Waals surface area (Å²) in [5.41, 5.74) is 1.53. The van der Waals surface area contributed by atoms with Gasteiger partial charge in [-0.25, -0.2) is 0 Å². The molecule has 22 heavy (non-hydrogen) atoms. The molecule has 0 aliphatic carbocycles. The Morgan fingerprint density at radius 2 is 1.95 bits per heavy atom. The smallest absolute Gasteiger partial charge is 0.309 e. The number of nitrogens with zero attached hydrogens (tertiary/aromatic N) is 3. The first-order valence-electron chi connectivity index (χ1n) is 7.58. The Labute approximate surface area is 135 Å². The van der Waals surface area contributed by atoms with E-state index in [2.05, 4.69) is 5.10 Å². The van der Waals surface area contributed by atoms with E-state index in [4.69, 9.17) is 16.3 Å². The van der Waals surface area contributed by atoms with Gasteiger partial charge in [-0.1, -0.05) is 11.6 Å². The average Bonchev–Trinajstić information content (AvgIpc) is 2.75. The zero-order chi connectivity index (χ0) is 16.3. The van der Waals surface area contributed by atoms with Crippen LogP contribution in [0, 0.1) is 19.8 Å². The van der Waals surface area contributed by atoms with E-state index in [1.807, 2.05) is 13.8 Å². The third kappa shape index (κ3) is 3.61. The quantitative estimate of drug-likeness (QED) is 0.793. The number of esters is 1. The third-order valence-electron chi connectivity index (χ3n) is 4.05. The normalized spacial score (nSPS) is 15.9. The molecule has 2 heterocycles. The first kappa shape index (κ1) is 16.8. The number of amides is 1. The summed E-state index contributed by atoms with van der Waals surface area (Å²) in [4.78, 5) is 25.8. The predicted molar refractivity (Wildman–Crippen MR) is 82.6 cm³/mol. The third-order valence-corrected chi connectivity index (χ3v) is 4.59. The number of aryl methyl sites for hydroxylation is 1. The van der Waals surface area contributed by atoms with Gasteiger partial charge in [-0.15, -0.1) is 0 Å². The molecule has 0 aromatic carbocycles. The number of piperidine rings is 1. The van der Waals surface area contributed by atoms with Gasteiger partial charge in [-0.3, -0.25) is 14.3 Å². The molecular weight excluding hydrogens is 306 g/mol. The Morgan fingerprint density at radius 1 is 1.32 bits per heavy atom. The van der Waals surface area contributed by atoms with Crippen molar-refractivity contribution in [3.05, 3.63) is 16.4 Å². The van der Waals surface area contributed by atoms with Gasteiger partial charge in [0.05, 0.1) is 28.9 Å². The van der Waals surface area contributed by atoms with Crippen LogP contribution in [0.2, 0.25) is 5.02 Å². The molecule has 122 valence electrons. The second kappa shape index (κ2) is 7.13. The molecule has 0 spiro atoms. The topological polar surface area (TPSA) is 64.4 Å². The van der Waals surface area contributed by atoms with Crippen molar-refractivity contribution in [2.24, 2.45) is 5.92 Å². The molecule has 0 atom stereocenters. The van der Waals surface area contributed by atoms with Crippen LogP contribution >= 0.6 is 11.6 Å². The van der Waals surface area contributed by atoms with Crippen molar-refractivity contribution in [3.8, 4) is 0 Å². The maximum atomic E-state index is 12.3. The van der Waals surface area contributed by atoms with Gasteiger partial charge >= 0.3 is 5.97 Å². The van der Waals surface area contributed by atoms with Crippen molar-refractivity contribution in [1.29, 1.82) is 0 Å². The number of likely N-dealkylation sites (tertiary alicyclic amines) is 1. The van der Waals surface area contributed by atoms with Gasteiger partial charge in [0.25, 0.3) is 0 Å². The number of hydrogen-bond donors (Lipinski definition) is 0. The molecule has 0 radical (unpaired) electrons. The molecule has 2 rings (SSSR count). The van der Waals surface area contributed by atoms with E-state index in [1.165, 1.54) is 0 Å². The Hall–Kier alpha value is -1.56. The highest BCUT2D eigenvalue weighted by Gasteiger charge is 2.28. The summed E-state index contributed by atoms with van der Waals surface area (Å²) in [6.45, 7) is 7.21. The number of carbonyl (C=O) groups excluding carboxylic acids is 2. The molecule has 6 nitrogen and oxygen atoms in total. The van der Waals surface area contributed by atoms with Gasteiger partial charge in [0.2, 0.25) is 5.91 Å². The fraction of sp³-hybridized carbons (Fsp3) is 0.667. The van der Waals surface area contributed by atoms with Crippen LogP contribution in [0.3, 0.4) is 0 Å². The second-order valence-electron chi connectivity index (χ2n) is 5.55. The van der Waals surface area contributed by atoms with Crippen molar-refractivity contribution in [1.82, 2.24) is 14.7 Å². The molecule has 1 aliphatic rings. The summed E-state index contributed by atoms with van der Waals surface area (Å²) < 4.78 is 6.67. The molecule has 1 aromatic heterocycles. The molecule has 1 aromatic rings. The van der Waals surface area contributed by atoms with E-state index in [9.17, 15) is 9.59 Å². The Morgan fingerprint density at radius 3 is 2.45 bits per heavy atom. The maximum Gasteiger partial charge on any atom is 0.309 e. The van der Waals surface area contributed by atoms with Crippen molar-refractivity contribution in [2.75, 3.05) is 19.7 Å². The predicted octanol–water partition coefficient (Wildman–Crippen LogP) is 1.96. The minimum atomic E-state index is -0.153. The Balaban J connectivity index is 1.90. The van der Waals surface area contributed by atoms with Gasteiger partial charge in [0, 0.05) is 13.1 Å². The molecule has 0 N–H and O–H groups in total. The number of rotatable bonds is 4. The zero-order valence-corrected chi connectivity index (χ0v) is 14.0. The van der Waals surface area contributed by atoms with Crippen LogP contribution in [0.4, 0.5) is 0 Å².